The van der Waals surface area contributed by atoms with Crippen LogP contribution in [0, 0.1) is 0 Å². The van der Waals surface area contributed by atoms with Crippen molar-refractivity contribution in [3.05, 3.63) is 18.2 Å². The van der Waals surface area contributed by atoms with Crippen LogP contribution in [-0.2, 0) is 30.2 Å². The molecule has 7 N–H and O–H groups in total. The summed E-state index contributed by atoms with van der Waals surface area (Å²) in [5.74, 6) is -0.465. The molecule has 1 saturated carbocycles. The summed E-state index contributed by atoms with van der Waals surface area (Å²) >= 11 is 0. The van der Waals surface area contributed by atoms with Gasteiger partial charge in [-0.2, -0.15) is 31.8 Å². The van der Waals surface area contributed by atoms with E-state index in [1.54, 1.807) is 0 Å². The Hall–Kier alpha value is -2.64. The number of nitrogens with two attached hydrogens (primary N) is 1. The standard InChI is InChI=1S/C16H23N7O8S3/c1-32(24,25)23-10-4-2-9(3-5-10)18-15-20-14(17)21-16(22-15)19-12-8-11(33(26,27)28)6-7-13(12)34(29,30)31/h6-10H,2-5H2,1H3,(H,23,24,25)(H,26,27,28)(H,29,30,31)(H4,17,18,19,20,21,22). The zero-order valence-electron chi connectivity index (χ0n) is 17.7. The van der Waals surface area contributed by atoms with Crippen LogP contribution < -0.4 is 16.4 Å². The van der Waals surface area contributed by atoms with Gasteiger partial charge in [0, 0.05) is 12.3 Å². The third-order valence-corrected chi connectivity index (χ3v) is 7.25. The number of rotatable bonds is 7. The van der Waals surface area contributed by atoms with E-state index in [0.717, 1.165) is 24.5 Å². The quantitative estimate of drug-likeness (QED) is 0.269. The molecule has 0 spiro atoms. The number of nitrogens with one attached hydrogen (secondary N) is 2. The molecule has 1 aromatic heterocycles. The number of hydrogen-bond donors (Lipinski definition) is 6. The maximum atomic E-state index is 11.7. The topological polar surface area (TPSA) is 247 Å². The maximum Gasteiger partial charge on any atom is 0.296 e. The van der Waals surface area contributed by atoms with Crippen molar-refractivity contribution in [2.45, 2.75) is 47.6 Å². The Morgan fingerprint density at radius 2 is 1.56 bits per heavy atom. The summed E-state index contributed by atoms with van der Waals surface area (Å²) in [6, 6.07) is 2.02. The van der Waals surface area contributed by atoms with Gasteiger partial charge in [-0.3, -0.25) is 9.11 Å². The van der Waals surface area contributed by atoms with Crippen LogP contribution in [0.3, 0.4) is 0 Å². The van der Waals surface area contributed by atoms with Crippen molar-refractivity contribution in [2.24, 2.45) is 4.36 Å². The van der Waals surface area contributed by atoms with E-state index in [-0.39, 0.29) is 29.9 Å². The minimum atomic E-state index is -4.78. The van der Waals surface area contributed by atoms with E-state index < -0.39 is 45.7 Å². The molecule has 2 aromatic rings. The lowest BCUT2D eigenvalue weighted by atomic mass is 9.92. The molecule has 18 heteroatoms. The fraction of sp³-hybridized carbons (Fsp3) is 0.438. The van der Waals surface area contributed by atoms with E-state index in [4.69, 9.17) is 5.73 Å². The highest BCUT2D eigenvalue weighted by Crippen LogP contribution is 2.28. The first-order valence-corrected chi connectivity index (χ1v) is 14.4. The van der Waals surface area contributed by atoms with E-state index >= 15 is 0 Å². The summed E-state index contributed by atoms with van der Waals surface area (Å²) in [7, 11) is -12.6. The summed E-state index contributed by atoms with van der Waals surface area (Å²) in [6.45, 7) is 0. The predicted octanol–water partition coefficient (Wildman–Crippen LogP) is 0.985. The minimum Gasteiger partial charge on any atom is -0.368 e. The van der Waals surface area contributed by atoms with Crippen LogP contribution in [0.25, 0.3) is 0 Å². The average Bonchev–Trinajstić information content (AvgIpc) is 2.66. The molecule has 1 aromatic carbocycles. The molecule has 1 unspecified atom stereocenters. The molecule has 34 heavy (non-hydrogen) atoms. The lowest BCUT2D eigenvalue weighted by molar-refractivity contribution is 0.409. The second-order valence-electron chi connectivity index (χ2n) is 7.59. The van der Waals surface area contributed by atoms with Gasteiger partial charge in [0.1, 0.15) is 4.90 Å². The Bertz CT molecular complexity index is 1410. The minimum absolute atomic E-state index is 0.0381. The second kappa shape index (κ2) is 9.55. The molecule has 1 atom stereocenters. The SMILES string of the molecule is CS(=O)(O)=NC1CCC(Nc2nc(N)nc(Nc3cc(S(=O)(=O)O)ccc3S(=O)(=O)O)n2)CC1. The third-order valence-electron chi connectivity index (χ3n) is 4.80. The molecule has 1 aliphatic rings. The van der Waals surface area contributed by atoms with Crippen LogP contribution in [0.1, 0.15) is 25.7 Å². The third kappa shape index (κ3) is 7.18. The Balaban J connectivity index is 1.83. The lowest BCUT2D eigenvalue weighted by Crippen LogP contribution is -2.29. The van der Waals surface area contributed by atoms with Gasteiger partial charge in [0.2, 0.25) is 17.8 Å². The van der Waals surface area contributed by atoms with Crippen molar-refractivity contribution < 1.29 is 34.7 Å². The highest BCUT2D eigenvalue weighted by Gasteiger charge is 2.24. The monoisotopic (exact) mass is 537 g/mol. The molecule has 3 rings (SSSR count). The summed E-state index contributed by atoms with van der Waals surface area (Å²) in [6.07, 6.45) is 3.48. The molecule has 1 aliphatic carbocycles. The average molecular weight is 538 g/mol. The largest absolute Gasteiger partial charge is 0.368 e. The fourth-order valence-electron chi connectivity index (χ4n) is 3.41. The molecular formula is C16H23N7O8S3. The second-order valence-corrected chi connectivity index (χ2v) is 12.1. The van der Waals surface area contributed by atoms with Gasteiger partial charge in [0.15, 0.2) is 10.0 Å². The zero-order valence-corrected chi connectivity index (χ0v) is 20.1. The first-order valence-electron chi connectivity index (χ1n) is 9.68. The Labute approximate surface area is 196 Å². The van der Waals surface area contributed by atoms with Gasteiger partial charge in [-0.05, 0) is 43.9 Å². The van der Waals surface area contributed by atoms with Gasteiger partial charge < -0.3 is 20.9 Å². The number of nitrogens with zero attached hydrogens (tertiary/aromatic N) is 4. The van der Waals surface area contributed by atoms with E-state index in [1.807, 2.05) is 0 Å². The summed E-state index contributed by atoms with van der Waals surface area (Å²) in [5, 5.41) is 5.52. The van der Waals surface area contributed by atoms with Crippen LogP contribution in [0.5, 0.6) is 0 Å². The Morgan fingerprint density at radius 1 is 0.941 bits per heavy atom. The smallest absolute Gasteiger partial charge is 0.296 e. The van der Waals surface area contributed by atoms with Gasteiger partial charge in [-0.1, -0.05) is 0 Å². The molecule has 1 fully saturated rings. The van der Waals surface area contributed by atoms with E-state index in [0.29, 0.717) is 25.7 Å². The molecular weight excluding hydrogens is 514 g/mol. The normalized spacial score (nSPS) is 20.8. The van der Waals surface area contributed by atoms with E-state index in [9.17, 15) is 34.7 Å². The van der Waals surface area contributed by atoms with Crippen molar-refractivity contribution in [1.82, 2.24) is 15.0 Å². The molecule has 0 saturated heterocycles. The number of nitrogen functional groups attached to an aromatic ring is 1. The molecule has 188 valence electrons. The molecule has 0 bridgehead atoms. The van der Waals surface area contributed by atoms with Crippen LogP contribution in [-0.4, -0.2) is 68.0 Å². The summed E-state index contributed by atoms with van der Waals surface area (Å²) in [5.41, 5.74) is 5.28. The van der Waals surface area contributed by atoms with Crippen LogP contribution in [0.2, 0.25) is 0 Å². The molecule has 0 aliphatic heterocycles. The summed E-state index contributed by atoms with van der Waals surface area (Å²) < 4.78 is 89.7. The van der Waals surface area contributed by atoms with Gasteiger partial charge in [0.05, 0.1) is 16.6 Å². The van der Waals surface area contributed by atoms with Crippen LogP contribution in [0.4, 0.5) is 23.5 Å². The highest BCUT2D eigenvalue weighted by molar-refractivity contribution is 7.87. The van der Waals surface area contributed by atoms with E-state index in [1.165, 1.54) is 0 Å². The molecule has 15 nitrogen and oxygen atoms in total. The Kier molecular flexibility index (Phi) is 7.29. The molecule has 1 heterocycles. The number of anilines is 4. The number of hydrogen-bond acceptors (Lipinski definition) is 12. The van der Waals surface area contributed by atoms with Gasteiger partial charge in [-0.15, -0.1) is 0 Å². The predicted molar refractivity (Wildman–Crippen MR) is 122 cm³/mol. The van der Waals surface area contributed by atoms with Gasteiger partial charge >= 0.3 is 0 Å². The van der Waals surface area contributed by atoms with Gasteiger partial charge in [0.25, 0.3) is 20.2 Å². The summed E-state index contributed by atoms with van der Waals surface area (Å²) in [4.78, 5) is 10.6. The number of benzene rings is 1. The van der Waals surface area contributed by atoms with Crippen molar-refractivity contribution >= 4 is 53.8 Å². The van der Waals surface area contributed by atoms with Crippen molar-refractivity contribution in [2.75, 3.05) is 22.6 Å². The zero-order chi connectivity index (χ0) is 25.3. The first-order chi connectivity index (χ1) is 15.6. The van der Waals surface area contributed by atoms with Gasteiger partial charge in [-0.25, -0.2) is 8.57 Å². The highest BCUT2D eigenvalue weighted by atomic mass is 32.2. The van der Waals surface area contributed by atoms with Crippen LogP contribution in [0.15, 0.2) is 32.4 Å². The van der Waals surface area contributed by atoms with E-state index in [2.05, 4.69) is 29.9 Å². The van der Waals surface area contributed by atoms with Crippen molar-refractivity contribution in [3.8, 4) is 0 Å². The fourth-order valence-corrected chi connectivity index (χ4v) is 5.31. The molecule has 0 radical (unpaired) electrons. The van der Waals surface area contributed by atoms with Crippen molar-refractivity contribution in [1.29, 1.82) is 0 Å². The number of aromatic nitrogens is 3. The van der Waals surface area contributed by atoms with Crippen molar-refractivity contribution in [3.63, 3.8) is 0 Å². The molecule has 0 amide bonds. The lowest BCUT2D eigenvalue weighted by Gasteiger charge is -2.27. The van der Waals surface area contributed by atoms with Crippen LogP contribution >= 0.6 is 0 Å². The maximum absolute atomic E-state index is 11.7. The Morgan fingerprint density at radius 3 is 2.12 bits per heavy atom. The first kappa shape index (κ1) is 26.0.